The van der Waals surface area contributed by atoms with Crippen molar-refractivity contribution in [2.24, 2.45) is 0 Å². The molecular weight excluding hydrogens is 216 g/mol. The summed E-state index contributed by atoms with van der Waals surface area (Å²) in [6.45, 7) is 3.86. The Kier molecular flexibility index (Phi) is 2.63. The number of nitrogens with two attached hydrogens (primary N) is 1. The van der Waals surface area contributed by atoms with Crippen molar-refractivity contribution in [1.29, 1.82) is 0 Å². The van der Waals surface area contributed by atoms with Crippen molar-refractivity contribution in [3.8, 4) is 5.69 Å². The first-order chi connectivity index (χ1) is 8.00. The SMILES string of the molecule is Cc1ccc(C)n1-c1cc(N)ccc1C(=O)O. The average molecular weight is 230 g/mol. The molecule has 4 nitrogen and oxygen atoms in total. The molecule has 0 spiro atoms. The molecule has 0 saturated heterocycles. The molecule has 0 aliphatic rings. The first-order valence-corrected chi connectivity index (χ1v) is 5.29. The Morgan fingerprint density at radius 3 is 2.29 bits per heavy atom. The molecule has 0 bridgehead atoms. The van der Waals surface area contributed by atoms with E-state index in [0.29, 0.717) is 11.4 Å². The Labute approximate surface area is 99.3 Å². The van der Waals surface area contributed by atoms with Gasteiger partial charge < -0.3 is 15.4 Å². The van der Waals surface area contributed by atoms with Crippen LogP contribution < -0.4 is 5.73 Å². The van der Waals surface area contributed by atoms with E-state index in [1.54, 1.807) is 12.1 Å². The number of nitrogens with zero attached hydrogens (tertiary/aromatic N) is 1. The molecule has 0 aliphatic carbocycles. The van der Waals surface area contributed by atoms with Gasteiger partial charge in [0.15, 0.2) is 0 Å². The molecule has 2 rings (SSSR count). The molecule has 88 valence electrons. The highest BCUT2D eigenvalue weighted by atomic mass is 16.4. The fourth-order valence-electron chi connectivity index (χ4n) is 1.96. The number of nitrogen functional groups attached to an aromatic ring is 1. The van der Waals surface area contributed by atoms with Crippen molar-refractivity contribution < 1.29 is 9.90 Å². The largest absolute Gasteiger partial charge is 0.478 e. The van der Waals surface area contributed by atoms with Gasteiger partial charge in [0.25, 0.3) is 0 Å². The molecule has 3 N–H and O–H groups in total. The van der Waals surface area contributed by atoms with E-state index in [1.807, 2.05) is 30.5 Å². The van der Waals surface area contributed by atoms with Gasteiger partial charge in [-0.15, -0.1) is 0 Å². The summed E-state index contributed by atoms with van der Waals surface area (Å²) in [6, 6.07) is 8.71. The lowest BCUT2D eigenvalue weighted by Crippen LogP contribution is -2.08. The number of carboxylic acid groups (broad SMARTS) is 1. The fourth-order valence-corrected chi connectivity index (χ4v) is 1.96. The minimum atomic E-state index is -0.951. The van der Waals surface area contributed by atoms with Crippen molar-refractivity contribution in [1.82, 2.24) is 4.57 Å². The van der Waals surface area contributed by atoms with Crippen LogP contribution in [0.1, 0.15) is 21.7 Å². The molecule has 1 aromatic carbocycles. The second-order valence-electron chi connectivity index (χ2n) is 4.03. The molecule has 0 saturated carbocycles. The first kappa shape index (κ1) is 11.3. The van der Waals surface area contributed by atoms with E-state index >= 15 is 0 Å². The summed E-state index contributed by atoms with van der Waals surface area (Å²) >= 11 is 0. The number of aromatic carboxylic acids is 1. The van der Waals surface area contributed by atoms with Gasteiger partial charge >= 0.3 is 5.97 Å². The van der Waals surface area contributed by atoms with Crippen molar-refractivity contribution in [2.75, 3.05) is 5.73 Å². The summed E-state index contributed by atoms with van der Waals surface area (Å²) in [5, 5.41) is 9.18. The van der Waals surface area contributed by atoms with Gasteiger partial charge in [-0.2, -0.15) is 0 Å². The Bertz CT molecular complexity index is 566. The molecule has 0 fully saturated rings. The summed E-state index contributed by atoms with van der Waals surface area (Å²) in [5.41, 5.74) is 9.11. The predicted octanol–water partition coefficient (Wildman–Crippen LogP) is 2.37. The average Bonchev–Trinajstić information content (AvgIpc) is 2.58. The molecular formula is C13H14N2O2. The number of aromatic nitrogens is 1. The van der Waals surface area contributed by atoms with Crippen LogP contribution in [0.4, 0.5) is 5.69 Å². The third-order valence-corrected chi connectivity index (χ3v) is 2.76. The number of rotatable bonds is 2. The molecule has 0 atom stereocenters. The number of hydrogen-bond acceptors (Lipinski definition) is 2. The van der Waals surface area contributed by atoms with Crippen LogP contribution in [0.5, 0.6) is 0 Å². The molecule has 17 heavy (non-hydrogen) atoms. The summed E-state index contributed by atoms with van der Waals surface area (Å²) in [4.78, 5) is 11.2. The van der Waals surface area contributed by atoms with E-state index < -0.39 is 5.97 Å². The van der Waals surface area contributed by atoms with E-state index in [1.165, 1.54) is 6.07 Å². The smallest absolute Gasteiger partial charge is 0.337 e. The van der Waals surface area contributed by atoms with E-state index in [9.17, 15) is 9.90 Å². The third kappa shape index (κ3) is 1.89. The number of benzene rings is 1. The molecule has 0 aliphatic heterocycles. The fraction of sp³-hybridized carbons (Fsp3) is 0.154. The minimum absolute atomic E-state index is 0.251. The summed E-state index contributed by atoms with van der Waals surface area (Å²) in [5.74, 6) is -0.951. The van der Waals surface area contributed by atoms with Gasteiger partial charge in [0.05, 0.1) is 11.3 Å². The maximum absolute atomic E-state index is 11.2. The highest BCUT2D eigenvalue weighted by Crippen LogP contribution is 2.22. The topological polar surface area (TPSA) is 68.2 Å². The lowest BCUT2D eigenvalue weighted by molar-refractivity contribution is 0.0697. The van der Waals surface area contributed by atoms with Crippen LogP contribution in [0.3, 0.4) is 0 Å². The van der Waals surface area contributed by atoms with Crippen LogP contribution in [0.25, 0.3) is 5.69 Å². The highest BCUT2D eigenvalue weighted by Gasteiger charge is 2.14. The Hall–Kier alpha value is -2.23. The number of carboxylic acids is 1. The zero-order valence-electron chi connectivity index (χ0n) is 9.77. The number of anilines is 1. The van der Waals surface area contributed by atoms with Crippen molar-refractivity contribution in [2.45, 2.75) is 13.8 Å². The Morgan fingerprint density at radius 1 is 1.18 bits per heavy atom. The predicted molar refractivity (Wildman–Crippen MR) is 66.6 cm³/mol. The monoisotopic (exact) mass is 230 g/mol. The van der Waals surface area contributed by atoms with Gasteiger partial charge in [-0.1, -0.05) is 0 Å². The zero-order valence-corrected chi connectivity index (χ0v) is 9.77. The van der Waals surface area contributed by atoms with Gasteiger partial charge in [0.2, 0.25) is 0 Å². The maximum Gasteiger partial charge on any atom is 0.337 e. The van der Waals surface area contributed by atoms with Crippen LogP contribution in [0, 0.1) is 13.8 Å². The van der Waals surface area contributed by atoms with Crippen LogP contribution in [-0.4, -0.2) is 15.6 Å². The van der Waals surface area contributed by atoms with Crippen LogP contribution in [-0.2, 0) is 0 Å². The molecule has 1 aromatic heterocycles. The zero-order chi connectivity index (χ0) is 12.6. The standard InChI is InChI=1S/C13H14N2O2/c1-8-3-4-9(2)15(8)12-7-10(14)5-6-11(12)13(16)17/h3-7H,14H2,1-2H3,(H,16,17). The summed E-state index contributed by atoms with van der Waals surface area (Å²) in [7, 11) is 0. The van der Waals surface area contributed by atoms with Crippen LogP contribution >= 0.6 is 0 Å². The second-order valence-corrected chi connectivity index (χ2v) is 4.03. The Morgan fingerprint density at radius 2 is 1.76 bits per heavy atom. The molecule has 0 amide bonds. The first-order valence-electron chi connectivity index (χ1n) is 5.29. The van der Waals surface area contributed by atoms with Gasteiger partial charge in [-0.3, -0.25) is 0 Å². The van der Waals surface area contributed by atoms with Gasteiger partial charge in [0, 0.05) is 17.1 Å². The number of aryl methyl sites for hydroxylation is 2. The molecule has 0 unspecified atom stereocenters. The Balaban J connectivity index is 2.74. The van der Waals surface area contributed by atoms with E-state index in [0.717, 1.165) is 11.4 Å². The van der Waals surface area contributed by atoms with E-state index in [4.69, 9.17) is 5.73 Å². The van der Waals surface area contributed by atoms with Crippen molar-refractivity contribution >= 4 is 11.7 Å². The van der Waals surface area contributed by atoms with E-state index in [2.05, 4.69) is 0 Å². The normalized spacial score (nSPS) is 10.5. The molecule has 1 heterocycles. The van der Waals surface area contributed by atoms with E-state index in [-0.39, 0.29) is 5.56 Å². The number of carbonyl (C=O) groups is 1. The van der Waals surface area contributed by atoms with Crippen LogP contribution in [0.15, 0.2) is 30.3 Å². The quantitative estimate of drug-likeness (QED) is 0.778. The van der Waals surface area contributed by atoms with Gasteiger partial charge in [0.1, 0.15) is 0 Å². The van der Waals surface area contributed by atoms with Crippen LogP contribution in [0.2, 0.25) is 0 Å². The van der Waals surface area contributed by atoms with Crippen molar-refractivity contribution in [3.05, 3.63) is 47.3 Å². The summed E-state index contributed by atoms with van der Waals surface area (Å²) < 4.78 is 1.89. The highest BCUT2D eigenvalue weighted by molar-refractivity contribution is 5.92. The molecule has 4 heteroatoms. The maximum atomic E-state index is 11.2. The van der Waals surface area contributed by atoms with Crippen molar-refractivity contribution in [3.63, 3.8) is 0 Å². The lowest BCUT2D eigenvalue weighted by atomic mass is 10.1. The number of hydrogen-bond donors (Lipinski definition) is 2. The lowest BCUT2D eigenvalue weighted by Gasteiger charge is -2.13. The minimum Gasteiger partial charge on any atom is -0.478 e. The van der Waals surface area contributed by atoms with Gasteiger partial charge in [-0.05, 0) is 44.2 Å². The molecule has 2 aromatic rings. The third-order valence-electron chi connectivity index (χ3n) is 2.76. The van der Waals surface area contributed by atoms with Gasteiger partial charge in [-0.25, -0.2) is 4.79 Å². The molecule has 0 radical (unpaired) electrons. The summed E-state index contributed by atoms with van der Waals surface area (Å²) in [6.07, 6.45) is 0. The second kappa shape index (κ2) is 3.97.